The summed E-state index contributed by atoms with van der Waals surface area (Å²) < 4.78 is 13.9. The summed E-state index contributed by atoms with van der Waals surface area (Å²) in [4.78, 5) is 12.4. The molecular weight excluding hydrogens is 333 g/mol. The fourth-order valence-corrected chi connectivity index (χ4v) is 3.50. The molecule has 0 saturated carbocycles. The number of carbonyl (C=O) groups excluding carboxylic acids is 1. The summed E-state index contributed by atoms with van der Waals surface area (Å²) in [6, 6.07) is 12.5. The molecular formula is C17H15BrFNO. The Kier molecular flexibility index (Phi) is 3.81. The van der Waals surface area contributed by atoms with Crippen LogP contribution in [0.4, 0.5) is 4.39 Å². The minimum atomic E-state index is -0.482. The van der Waals surface area contributed by atoms with E-state index in [1.807, 2.05) is 18.2 Å². The number of fused-ring (bicyclic) bond motifs is 1. The molecule has 0 spiro atoms. The molecule has 0 saturated heterocycles. The number of nitrogens with one attached hydrogen (secondary N) is 1. The van der Waals surface area contributed by atoms with E-state index in [1.54, 1.807) is 13.0 Å². The Hall–Kier alpha value is -1.68. The molecule has 0 bridgehead atoms. The van der Waals surface area contributed by atoms with Crippen LogP contribution in [0.1, 0.15) is 33.1 Å². The molecule has 21 heavy (non-hydrogen) atoms. The standard InChI is InChI=1S/C17H15BrFNO/c1-10-6-7-13(15(19)8-10)17(21)20-16-12-5-3-2-4-11(12)9-14(16)18/h2-8,14,16H,9H2,1H3,(H,20,21). The van der Waals surface area contributed by atoms with Crippen molar-refractivity contribution in [2.24, 2.45) is 0 Å². The quantitative estimate of drug-likeness (QED) is 0.819. The molecule has 1 N–H and O–H groups in total. The van der Waals surface area contributed by atoms with Gasteiger partial charge in [-0.15, -0.1) is 0 Å². The maximum absolute atomic E-state index is 13.9. The highest BCUT2D eigenvalue weighted by molar-refractivity contribution is 9.09. The van der Waals surface area contributed by atoms with Gasteiger partial charge in [-0.2, -0.15) is 0 Å². The maximum atomic E-state index is 13.9. The van der Waals surface area contributed by atoms with Gasteiger partial charge in [-0.25, -0.2) is 4.39 Å². The fraction of sp³-hybridized carbons (Fsp3) is 0.235. The molecule has 1 amide bonds. The second-order valence-corrected chi connectivity index (χ2v) is 6.53. The fourth-order valence-electron chi connectivity index (χ4n) is 2.74. The van der Waals surface area contributed by atoms with Gasteiger partial charge in [-0.05, 0) is 42.2 Å². The average Bonchev–Trinajstić information content (AvgIpc) is 2.75. The number of aryl methyl sites for hydroxylation is 1. The van der Waals surface area contributed by atoms with Crippen LogP contribution in [0.5, 0.6) is 0 Å². The number of carbonyl (C=O) groups is 1. The Balaban J connectivity index is 1.85. The summed E-state index contributed by atoms with van der Waals surface area (Å²) in [7, 11) is 0. The van der Waals surface area contributed by atoms with Gasteiger partial charge in [0.05, 0.1) is 11.6 Å². The first-order chi connectivity index (χ1) is 10.1. The number of halogens is 2. The second kappa shape index (κ2) is 5.60. The topological polar surface area (TPSA) is 29.1 Å². The average molecular weight is 348 g/mol. The van der Waals surface area contributed by atoms with Gasteiger partial charge in [-0.3, -0.25) is 4.79 Å². The molecule has 4 heteroatoms. The molecule has 0 aliphatic heterocycles. The Morgan fingerprint density at radius 2 is 2.05 bits per heavy atom. The van der Waals surface area contributed by atoms with Crippen LogP contribution in [0, 0.1) is 12.7 Å². The van der Waals surface area contributed by atoms with Crippen LogP contribution < -0.4 is 5.32 Å². The summed E-state index contributed by atoms with van der Waals surface area (Å²) in [6.45, 7) is 1.80. The van der Waals surface area contributed by atoms with E-state index < -0.39 is 5.82 Å². The lowest BCUT2D eigenvalue weighted by atomic mass is 10.1. The molecule has 2 aromatic rings. The first kappa shape index (κ1) is 14.3. The smallest absolute Gasteiger partial charge is 0.254 e. The zero-order valence-electron chi connectivity index (χ0n) is 11.6. The minimum absolute atomic E-state index is 0.0877. The molecule has 108 valence electrons. The lowest BCUT2D eigenvalue weighted by Gasteiger charge is -2.18. The SMILES string of the molecule is Cc1ccc(C(=O)NC2c3ccccc3CC2Br)c(F)c1. The van der Waals surface area contributed by atoms with Gasteiger partial charge in [0.2, 0.25) is 0 Å². The van der Waals surface area contributed by atoms with Gasteiger partial charge in [0.15, 0.2) is 0 Å². The molecule has 1 aliphatic rings. The molecule has 3 rings (SSSR count). The molecule has 2 unspecified atom stereocenters. The van der Waals surface area contributed by atoms with Crippen LogP contribution in [0.2, 0.25) is 0 Å². The number of benzene rings is 2. The molecule has 2 nitrogen and oxygen atoms in total. The Bertz CT molecular complexity index is 701. The normalized spacial score (nSPS) is 20.1. The Morgan fingerprint density at radius 1 is 1.29 bits per heavy atom. The molecule has 0 fully saturated rings. The lowest BCUT2D eigenvalue weighted by molar-refractivity contribution is 0.0934. The molecule has 0 radical (unpaired) electrons. The lowest BCUT2D eigenvalue weighted by Crippen LogP contribution is -2.32. The van der Waals surface area contributed by atoms with Crippen molar-refractivity contribution in [2.75, 3.05) is 0 Å². The molecule has 1 aliphatic carbocycles. The van der Waals surface area contributed by atoms with Crippen molar-refractivity contribution in [1.82, 2.24) is 5.32 Å². The van der Waals surface area contributed by atoms with Crippen LogP contribution in [-0.4, -0.2) is 10.7 Å². The van der Waals surface area contributed by atoms with Gasteiger partial charge < -0.3 is 5.32 Å². The number of alkyl halides is 1. The minimum Gasteiger partial charge on any atom is -0.344 e. The first-order valence-corrected chi connectivity index (χ1v) is 7.76. The largest absolute Gasteiger partial charge is 0.344 e. The van der Waals surface area contributed by atoms with E-state index in [0.29, 0.717) is 0 Å². The highest BCUT2D eigenvalue weighted by atomic mass is 79.9. The zero-order chi connectivity index (χ0) is 15.0. The van der Waals surface area contributed by atoms with E-state index in [-0.39, 0.29) is 22.3 Å². The third-order valence-corrected chi connectivity index (χ3v) is 4.67. The van der Waals surface area contributed by atoms with Crippen LogP contribution >= 0.6 is 15.9 Å². The number of amides is 1. The summed E-state index contributed by atoms with van der Waals surface area (Å²) in [5, 5.41) is 2.94. The van der Waals surface area contributed by atoms with Crippen molar-refractivity contribution >= 4 is 21.8 Å². The van der Waals surface area contributed by atoms with Crippen LogP contribution in [0.25, 0.3) is 0 Å². The Labute approximate surface area is 131 Å². The van der Waals surface area contributed by atoms with E-state index in [4.69, 9.17) is 0 Å². The van der Waals surface area contributed by atoms with E-state index >= 15 is 0 Å². The molecule has 0 aromatic heterocycles. The predicted octanol–water partition coefficient (Wildman–Crippen LogP) is 3.92. The zero-order valence-corrected chi connectivity index (χ0v) is 13.2. The second-order valence-electron chi connectivity index (χ2n) is 5.35. The van der Waals surface area contributed by atoms with E-state index in [0.717, 1.165) is 17.5 Å². The van der Waals surface area contributed by atoms with Gasteiger partial charge in [0, 0.05) is 4.83 Å². The highest BCUT2D eigenvalue weighted by Gasteiger charge is 2.32. The summed E-state index contributed by atoms with van der Waals surface area (Å²) in [5.41, 5.74) is 3.20. The van der Waals surface area contributed by atoms with Gasteiger partial charge >= 0.3 is 0 Å². The third kappa shape index (κ3) is 2.72. The van der Waals surface area contributed by atoms with Crippen molar-refractivity contribution in [2.45, 2.75) is 24.2 Å². The Morgan fingerprint density at radius 3 is 2.81 bits per heavy atom. The van der Waals surface area contributed by atoms with Crippen LogP contribution in [0.15, 0.2) is 42.5 Å². The summed E-state index contributed by atoms with van der Waals surface area (Å²) in [5.74, 6) is -0.858. The van der Waals surface area contributed by atoms with Gasteiger partial charge in [0.1, 0.15) is 5.82 Å². The van der Waals surface area contributed by atoms with Gasteiger partial charge in [0.25, 0.3) is 5.91 Å². The predicted molar refractivity (Wildman–Crippen MR) is 84.2 cm³/mol. The summed E-state index contributed by atoms with van der Waals surface area (Å²) >= 11 is 3.61. The molecule has 0 heterocycles. The number of hydrogen-bond donors (Lipinski definition) is 1. The third-order valence-electron chi connectivity index (χ3n) is 3.82. The van der Waals surface area contributed by atoms with Crippen LogP contribution in [0.3, 0.4) is 0 Å². The highest BCUT2D eigenvalue weighted by Crippen LogP contribution is 2.35. The maximum Gasteiger partial charge on any atom is 0.254 e. The molecule has 2 atom stereocenters. The van der Waals surface area contributed by atoms with Crippen molar-refractivity contribution < 1.29 is 9.18 Å². The molecule has 2 aromatic carbocycles. The number of rotatable bonds is 2. The van der Waals surface area contributed by atoms with Crippen molar-refractivity contribution in [3.05, 3.63) is 70.5 Å². The van der Waals surface area contributed by atoms with Crippen molar-refractivity contribution in [3.63, 3.8) is 0 Å². The number of hydrogen-bond acceptors (Lipinski definition) is 1. The first-order valence-electron chi connectivity index (χ1n) is 6.85. The monoisotopic (exact) mass is 347 g/mol. The van der Waals surface area contributed by atoms with Gasteiger partial charge in [-0.1, -0.05) is 46.3 Å². The van der Waals surface area contributed by atoms with E-state index in [2.05, 4.69) is 27.3 Å². The summed E-state index contributed by atoms with van der Waals surface area (Å²) in [6.07, 6.45) is 0.859. The van der Waals surface area contributed by atoms with E-state index in [1.165, 1.54) is 17.7 Å². The van der Waals surface area contributed by atoms with Crippen molar-refractivity contribution in [1.29, 1.82) is 0 Å². The van der Waals surface area contributed by atoms with Crippen molar-refractivity contribution in [3.8, 4) is 0 Å². The van der Waals surface area contributed by atoms with Crippen LogP contribution in [-0.2, 0) is 6.42 Å². The van der Waals surface area contributed by atoms with E-state index in [9.17, 15) is 9.18 Å².